The lowest BCUT2D eigenvalue weighted by Gasteiger charge is -2.55. The topological polar surface area (TPSA) is 57.9 Å². The number of hydrogen-bond donors (Lipinski definition) is 1. The summed E-state index contributed by atoms with van der Waals surface area (Å²) < 4.78 is 8.19. The maximum absolute atomic E-state index is 6.08. The van der Waals surface area contributed by atoms with Gasteiger partial charge < -0.3 is 19.4 Å². The molecule has 0 radical (unpaired) electrons. The van der Waals surface area contributed by atoms with Gasteiger partial charge in [0.05, 0.1) is 12.3 Å². The highest BCUT2D eigenvalue weighted by atomic mass is 16.5. The smallest absolute Gasteiger partial charge is 0.139 e. The first kappa shape index (κ1) is 21.1. The molecule has 0 amide bonds. The van der Waals surface area contributed by atoms with Gasteiger partial charge in [-0.15, -0.1) is 0 Å². The molecule has 0 aliphatic carbocycles. The van der Waals surface area contributed by atoms with Crippen molar-refractivity contribution in [1.82, 2.24) is 24.6 Å². The van der Waals surface area contributed by atoms with Crippen molar-refractivity contribution in [3.05, 3.63) is 48.0 Å². The Morgan fingerprint density at radius 1 is 1.21 bits per heavy atom. The Morgan fingerprint density at radius 3 is 2.82 bits per heavy atom. The van der Waals surface area contributed by atoms with Crippen LogP contribution in [0.25, 0.3) is 16.8 Å². The summed E-state index contributed by atoms with van der Waals surface area (Å²) in [7, 11) is 0. The predicted molar refractivity (Wildman–Crippen MR) is 131 cm³/mol. The predicted octanol–water partition coefficient (Wildman–Crippen LogP) is 2.91. The fourth-order valence-corrected chi connectivity index (χ4v) is 5.88. The second-order valence-corrected chi connectivity index (χ2v) is 9.92. The van der Waals surface area contributed by atoms with Crippen LogP contribution in [0.4, 0.5) is 5.82 Å². The number of pyridine rings is 2. The molecule has 0 unspecified atom stereocenters. The van der Waals surface area contributed by atoms with Gasteiger partial charge in [-0.05, 0) is 49.9 Å². The summed E-state index contributed by atoms with van der Waals surface area (Å²) in [6.45, 7) is 11.5. The molecular formula is C26H34N6O. The fraction of sp³-hybridized carbons (Fsp3) is 0.538. The van der Waals surface area contributed by atoms with Crippen LogP contribution < -0.4 is 10.2 Å². The lowest BCUT2D eigenvalue weighted by molar-refractivity contribution is -0.169. The minimum absolute atomic E-state index is 0.0842. The number of piperidine rings is 1. The molecule has 0 saturated carbocycles. The van der Waals surface area contributed by atoms with Gasteiger partial charge in [0.25, 0.3) is 0 Å². The van der Waals surface area contributed by atoms with Crippen LogP contribution in [0.2, 0.25) is 0 Å². The van der Waals surface area contributed by atoms with E-state index in [4.69, 9.17) is 9.72 Å². The Kier molecular flexibility index (Phi) is 5.35. The quantitative estimate of drug-likeness (QED) is 0.665. The van der Waals surface area contributed by atoms with Crippen LogP contribution >= 0.6 is 0 Å². The van der Waals surface area contributed by atoms with Crippen molar-refractivity contribution in [2.24, 2.45) is 0 Å². The van der Waals surface area contributed by atoms with Crippen molar-refractivity contribution in [3.8, 4) is 11.1 Å². The maximum atomic E-state index is 6.08. The highest BCUT2D eigenvalue weighted by Crippen LogP contribution is 2.33. The van der Waals surface area contributed by atoms with Crippen LogP contribution in [0.1, 0.15) is 31.0 Å². The number of aromatic nitrogens is 3. The van der Waals surface area contributed by atoms with E-state index in [1.165, 1.54) is 35.2 Å². The number of ether oxygens (including phenoxy) is 1. The largest absolute Gasteiger partial charge is 0.370 e. The van der Waals surface area contributed by atoms with Gasteiger partial charge in [-0.3, -0.25) is 4.90 Å². The summed E-state index contributed by atoms with van der Waals surface area (Å²) >= 11 is 0. The van der Waals surface area contributed by atoms with Gasteiger partial charge in [0.1, 0.15) is 17.1 Å². The number of aryl methyl sites for hydroxylation is 2. The summed E-state index contributed by atoms with van der Waals surface area (Å²) in [5, 5.41) is 3.49. The van der Waals surface area contributed by atoms with Gasteiger partial charge in [-0.2, -0.15) is 0 Å². The van der Waals surface area contributed by atoms with Gasteiger partial charge in [0, 0.05) is 75.0 Å². The molecule has 3 fully saturated rings. The second kappa shape index (κ2) is 8.38. The Bertz CT molecular complexity index is 1130. The maximum Gasteiger partial charge on any atom is 0.139 e. The minimum atomic E-state index is 0.0842. The van der Waals surface area contributed by atoms with Crippen LogP contribution in [0.5, 0.6) is 0 Å². The van der Waals surface area contributed by atoms with Crippen molar-refractivity contribution < 1.29 is 4.74 Å². The molecule has 0 bridgehead atoms. The van der Waals surface area contributed by atoms with Gasteiger partial charge >= 0.3 is 0 Å². The molecule has 0 atom stereocenters. The molecule has 0 aromatic carbocycles. The first-order valence-corrected chi connectivity index (χ1v) is 12.4. The Labute approximate surface area is 195 Å². The Morgan fingerprint density at radius 2 is 2.06 bits per heavy atom. The number of morpholine rings is 1. The van der Waals surface area contributed by atoms with Crippen LogP contribution in [-0.2, 0) is 11.2 Å². The molecule has 6 rings (SSSR count). The van der Waals surface area contributed by atoms with E-state index in [2.05, 4.69) is 62.7 Å². The molecular weight excluding hydrogens is 412 g/mol. The number of nitrogens with one attached hydrogen (secondary N) is 1. The van der Waals surface area contributed by atoms with Crippen LogP contribution in [0.15, 0.2) is 36.8 Å². The van der Waals surface area contributed by atoms with Crippen molar-refractivity contribution in [2.75, 3.05) is 50.8 Å². The van der Waals surface area contributed by atoms with Gasteiger partial charge in [0.15, 0.2) is 0 Å². The van der Waals surface area contributed by atoms with E-state index in [9.17, 15) is 0 Å². The van der Waals surface area contributed by atoms with E-state index in [1.54, 1.807) is 0 Å². The number of anilines is 1. The molecule has 7 nitrogen and oxygen atoms in total. The van der Waals surface area contributed by atoms with E-state index < -0.39 is 0 Å². The molecule has 174 valence electrons. The van der Waals surface area contributed by atoms with Gasteiger partial charge in [0.2, 0.25) is 0 Å². The summed E-state index contributed by atoms with van der Waals surface area (Å²) in [6.07, 6.45) is 9.36. The molecule has 3 aromatic rings. The molecule has 3 aromatic heterocycles. The zero-order chi connectivity index (χ0) is 22.4. The van der Waals surface area contributed by atoms with Gasteiger partial charge in [-0.1, -0.05) is 6.92 Å². The molecule has 7 heteroatoms. The van der Waals surface area contributed by atoms with E-state index >= 15 is 0 Å². The third kappa shape index (κ3) is 3.82. The number of fused-ring (bicyclic) bond motifs is 1. The average Bonchev–Trinajstić information content (AvgIpc) is 3.32. The van der Waals surface area contributed by atoms with Crippen LogP contribution in [-0.4, -0.2) is 76.8 Å². The molecule has 1 spiro atoms. The van der Waals surface area contributed by atoms with Crippen molar-refractivity contribution in [1.29, 1.82) is 0 Å². The average molecular weight is 447 g/mol. The first-order valence-electron chi connectivity index (χ1n) is 12.4. The molecule has 3 aliphatic heterocycles. The Hall–Kier alpha value is -2.48. The third-order valence-electron chi connectivity index (χ3n) is 7.70. The van der Waals surface area contributed by atoms with E-state index in [-0.39, 0.29) is 5.60 Å². The van der Waals surface area contributed by atoms with Crippen molar-refractivity contribution >= 4 is 11.5 Å². The number of hydrogen-bond acceptors (Lipinski definition) is 6. The monoisotopic (exact) mass is 446 g/mol. The lowest BCUT2D eigenvalue weighted by atomic mass is 9.88. The highest BCUT2D eigenvalue weighted by Gasteiger charge is 2.47. The Balaban J connectivity index is 1.14. The number of nitrogens with zero attached hydrogens (tertiary/aromatic N) is 5. The summed E-state index contributed by atoms with van der Waals surface area (Å²) in [5.41, 5.74) is 5.89. The standard InChI is InChI=1S/C26H34N6O/c1-3-23-22(20-14-19(2)25-28-8-12-31(25)15-20)4-5-24(29-23)30-10-6-21(7-11-30)32-17-26(18-32)16-27-9-13-33-26/h4-5,8,12,14-15,21,27H,3,6-7,9-11,13,16-18H2,1-2H3. The minimum Gasteiger partial charge on any atom is -0.370 e. The van der Waals surface area contributed by atoms with E-state index in [0.29, 0.717) is 6.04 Å². The van der Waals surface area contributed by atoms with Crippen molar-refractivity contribution in [3.63, 3.8) is 0 Å². The molecule has 1 N–H and O–H groups in total. The van der Waals surface area contributed by atoms with E-state index in [0.717, 1.165) is 63.8 Å². The first-order chi connectivity index (χ1) is 16.1. The lowest BCUT2D eigenvalue weighted by Crippen LogP contribution is -2.72. The van der Waals surface area contributed by atoms with Gasteiger partial charge in [-0.25, -0.2) is 9.97 Å². The number of rotatable bonds is 4. The molecule has 3 saturated heterocycles. The third-order valence-corrected chi connectivity index (χ3v) is 7.70. The molecule has 33 heavy (non-hydrogen) atoms. The highest BCUT2D eigenvalue weighted by molar-refractivity contribution is 5.70. The van der Waals surface area contributed by atoms with Crippen LogP contribution in [0, 0.1) is 6.92 Å². The normalized spacial score (nSPS) is 21.6. The SMILES string of the molecule is CCc1nc(N2CCC(N3CC4(CNCCO4)C3)CC2)ccc1-c1cc(C)c2nccn2c1. The number of imidazole rings is 1. The number of likely N-dealkylation sites (tertiary alicyclic amines) is 1. The fourth-order valence-electron chi connectivity index (χ4n) is 5.88. The molecule has 6 heterocycles. The van der Waals surface area contributed by atoms with Crippen molar-refractivity contribution in [2.45, 2.75) is 44.8 Å². The zero-order valence-electron chi connectivity index (χ0n) is 19.8. The summed E-state index contributed by atoms with van der Waals surface area (Å²) in [4.78, 5) is 14.7. The second-order valence-electron chi connectivity index (χ2n) is 9.92. The molecule has 3 aliphatic rings. The van der Waals surface area contributed by atoms with Crippen LogP contribution in [0.3, 0.4) is 0 Å². The van der Waals surface area contributed by atoms with E-state index in [1.807, 2.05) is 12.4 Å². The zero-order valence-corrected chi connectivity index (χ0v) is 19.8. The summed E-state index contributed by atoms with van der Waals surface area (Å²) in [5.74, 6) is 1.12. The summed E-state index contributed by atoms with van der Waals surface area (Å²) in [6, 6.07) is 7.38.